The van der Waals surface area contributed by atoms with Gasteiger partial charge in [-0.05, 0) is 19.3 Å². The van der Waals surface area contributed by atoms with Gasteiger partial charge in [-0.1, -0.05) is 0 Å². The lowest BCUT2D eigenvalue weighted by Crippen LogP contribution is -2.29. The number of likely N-dealkylation sites (tertiary alicyclic amines) is 1. The molecular formula is C7H11NO. The molecule has 1 amide bonds. The highest BCUT2D eigenvalue weighted by molar-refractivity contribution is 5.80. The number of hydrogen-bond acceptors (Lipinski definition) is 1. The van der Waals surface area contributed by atoms with Crippen molar-refractivity contribution in [2.45, 2.75) is 31.2 Å². The molecule has 0 bridgehead atoms. The first-order valence-corrected chi connectivity index (χ1v) is 3.51. The molecule has 1 saturated heterocycles. The van der Waals surface area contributed by atoms with Crippen LogP contribution in [0.2, 0.25) is 0 Å². The lowest BCUT2D eigenvalue weighted by atomic mass is 10.2. The summed E-state index contributed by atoms with van der Waals surface area (Å²) in [5.74, 6) is 0.340. The Morgan fingerprint density at radius 2 is 2.11 bits per heavy atom. The third kappa shape index (κ3) is 0.533. The zero-order valence-corrected chi connectivity index (χ0v) is 5.68. The molecule has 2 heteroatoms. The van der Waals surface area contributed by atoms with Gasteiger partial charge in [0.25, 0.3) is 0 Å². The molecule has 1 spiro atoms. The maximum absolute atomic E-state index is 11.0. The van der Waals surface area contributed by atoms with E-state index in [9.17, 15) is 4.79 Å². The van der Waals surface area contributed by atoms with Crippen LogP contribution in [0.25, 0.3) is 0 Å². The van der Waals surface area contributed by atoms with Gasteiger partial charge in [-0.2, -0.15) is 0 Å². The van der Waals surface area contributed by atoms with Crippen molar-refractivity contribution >= 4 is 5.91 Å². The van der Waals surface area contributed by atoms with Gasteiger partial charge in [0, 0.05) is 19.0 Å². The highest BCUT2D eigenvalue weighted by atomic mass is 16.2. The van der Waals surface area contributed by atoms with E-state index in [2.05, 4.69) is 0 Å². The van der Waals surface area contributed by atoms with Crippen molar-refractivity contribution in [3.63, 3.8) is 0 Å². The Labute approximate surface area is 54.8 Å². The predicted molar refractivity (Wildman–Crippen MR) is 34.0 cm³/mol. The zero-order chi connectivity index (χ0) is 6.48. The van der Waals surface area contributed by atoms with Crippen molar-refractivity contribution in [2.75, 3.05) is 7.05 Å². The van der Waals surface area contributed by atoms with Gasteiger partial charge < -0.3 is 4.90 Å². The molecular weight excluding hydrogens is 114 g/mol. The first kappa shape index (κ1) is 5.27. The van der Waals surface area contributed by atoms with Crippen molar-refractivity contribution in [3.05, 3.63) is 0 Å². The van der Waals surface area contributed by atoms with Gasteiger partial charge in [0.05, 0.1) is 0 Å². The van der Waals surface area contributed by atoms with Crippen molar-refractivity contribution in [3.8, 4) is 0 Å². The molecule has 50 valence electrons. The van der Waals surface area contributed by atoms with Crippen LogP contribution < -0.4 is 0 Å². The van der Waals surface area contributed by atoms with E-state index < -0.39 is 0 Å². The fourth-order valence-corrected chi connectivity index (χ4v) is 1.67. The van der Waals surface area contributed by atoms with Gasteiger partial charge in [-0.25, -0.2) is 0 Å². The standard InChI is InChI=1S/C7H11NO/c1-8-6(9)2-3-7(8)4-5-7/h2-5H2,1H3. The molecule has 0 atom stereocenters. The molecule has 0 radical (unpaired) electrons. The van der Waals surface area contributed by atoms with Crippen LogP contribution in [0, 0.1) is 0 Å². The van der Waals surface area contributed by atoms with Crippen LogP contribution in [0.3, 0.4) is 0 Å². The van der Waals surface area contributed by atoms with E-state index in [-0.39, 0.29) is 0 Å². The molecule has 2 nitrogen and oxygen atoms in total. The van der Waals surface area contributed by atoms with Crippen LogP contribution >= 0.6 is 0 Å². The van der Waals surface area contributed by atoms with Crippen LogP contribution in [-0.4, -0.2) is 23.4 Å². The van der Waals surface area contributed by atoms with E-state index in [1.165, 1.54) is 12.8 Å². The molecule has 1 aliphatic heterocycles. The molecule has 0 aromatic heterocycles. The summed E-state index contributed by atoms with van der Waals surface area (Å²) in [4.78, 5) is 12.9. The summed E-state index contributed by atoms with van der Waals surface area (Å²) < 4.78 is 0. The van der Waals surface area contributed by atoms with Crippen molar-refractivity contribution in [1.82, 2.24) is 4.90 Å². The van der Waals surface area contributed by atoms with Gasteiger partial charge in [0.15, 0.2) is 0 Å². The van der Waals surface area contributed by atoms with E-state index in [1.807, 2.05) is 11.9 Å². The van der Waals surface area contributed by atoms with Gasteiger partial charge in [0.2, 0.25) is 5.91 Å². The molecule has 2 fully saturated rings. The largest absolute Gasteiger partial charge is 0.340 e. The summed E-state index contributed by atoms with van der Waals surface area (Å²) in [7, 11) is 1.93. The lowest BCUT2D eigenvalue weighted by molar-refractivity contribution is -0.128. The number of hydrogen-bond donors (Lipinski definition) is 0. The second kappa shape index (κ2) is 1.31. The molecule has 0 aromatic rings. The fourth-order valence-electron chi connectivity index (χ4n) is 1.67. The minimum absolute atomic E-state index is 0.340. The molecule has 1 aliphatic carbocycles. The Kier molecular flexibility index (Phi) is 0.765. The van der Waals surface area contributed by atoms with Crippen LogP contribution in [0.4, 0.5) is 0 Å². The highest BCUT2D eigenvalue weighted by Gasteiger charge is 2.52. The Bertz CT molecular complexity index is 160. The molecule has 9 heavy (non-hydrogen) atoms. The van der Waals surface area contributed by atoms with Gasteiger partial charge >= 0.3 is 0 Å². The molecule has 2 aliphatic rings. The van der Waals surface area contributed by atoms with E-state index in [1.54, 1.807) is 0 Å². The molecule has 0 N–H and O–H groups in total. The summed E-state index contributed by atoms with van der Waals surface area (Å²) in [6.45, 7) is 0. The summed E-state index contributed by atoms with van der Waals surface area (Å²) in [6, 6.07) is 0. The average Bonchev–Trinajstić information content (AvgIpc) is 2.57. The van der Waals surface area contributed by atoms with Crippen LogP contribution in [0.5, 0.6) is 0 Å². The van der Waals surface area contributed by atoms with Crippen LogP contribution in [-0.2, 0) is 4.79 Å². The SMILES string of the molecule is CN1C(=O)CCC12CC2. The third-order valence-corrected chi connectivity index (χ3v) is 2.72. The van der Waals surface area contributed by atoms with Gasteiger partial charge in [-0.3, -0.25) is 4.79 Å². The normalized spacial score (nSPS) is 29.9. The maximum Gasteiger partial charge on any atom is 0.222 e. The molecule has 0 aromatic carbocycles. The Morgan fingerprint density at radius 1 is 1.44 bits per heavy atom. The Hall–Kier alpha value is -0.530. The van der Waals surface area contributed by atoms with Crippen molar-refractivity contribution < 1.29 is 4.79 Å². The monoisotopic (exact) mass is 125 g/mol. The Morgan fingerprint density at radius 3 is 2.33 bits per heavy atom. The minimum atomic E-state index is 0.340. The quantitative estimate of drug-likeness (QED) is 0.468. The van der Waals surface area contributed by atoms with Gasteiger partial charge in [-0.15, -0.1) is 0 Å². The topological polar surface area (TPSA) is 20.3 Å². The second-order valence-corrected chi connectivity index (χ2v) is 3.18. The number of carbonyl (C=O) groups is 1. The second-order valence-electron chi connectivity index (χ2n) is 3.18. The number of amides is 1. The molecule has 1 saturated carbocycles. The zero-order valence-electron chi connectivity index (χ0n) is 5.68. The fraction of sp³-hybridized carbons (Fsp3) is 0.857. The molecule has 2 rings (SSSR count). The van der Waals surface area contributed by atoms with Gasteiger partial charge in [0.1, 0.15) is 0 Å². The number of rotatable bonds is 0. The average molecular weight is 125 g/mol. The van der Waals surface area contributed by atoms with E-state index in [0.29, 0.717) is 11.4 Å². The summed E-state index contributed by atoms with van der Waals surface area (Å²) in [6.07, 6.45) is 4.39. The third-order valence-electron chi connectivity index (χ3n) is 2.72. The van der Waals surface area contributed by atoms with Crippen molar-refractivity contribution in [2.24, 2.45) is 0 Å². The lowest BCUT2D eigenvalue weighted by Gasteiger charge is -2.17. The predicted octanol–water partition coefficient (Wildman–Crippen LogP) is 0.771. The first-order valence-electron chi connectivity index (χ1n) is 3.51. The maximum atomic E-state index is 11.0. The molecule has 1 heterocycles. The number of nitrogens with zero attached hydrogens (tertiary/aromatic N) is 1. The first-order chi connectivity index (χ1) is 4.25. The van der Waals surface area contributed by atoms with E-state index >= 15 is 0 Å². The van der Waals surface area contributed by atoms with Crippen molar-refractivity contribution in [1.29, 1.82) is 0 Å². The highest BCUT2D eigenvalue weighted by Crippen LogP contribution is 2.48. The smallest absolute Gasteiger partial charge is 0.222 e. The van der Waals surface area contributed by atoms with E-state index in [4.69, 9.17) is 0 Å². The van der Waals surface area contributed by atoms with Crippen LogP contribution in [0.1, 0.15) is 25.7 Å². The minimum Gasteiger partial charge on any atom is -0.340 e. The summed E-state index contributed by atoms with van der Waals surface area (Å²) in [5, 5.41) is 0. The van der Waals surface area contributed by atoms with E-state index in [0.717, 1.165) is 12.8 Å². The van der Waals surface area contributed by atoms with Crippen LogP contribution in [0.15, 0.2) is 0 Å². The summed E-state index contributed by atoms with van der Waals surface area (Å²) in [5.41, 5.74) is 0.358. The molecule has 0 unspecified atom stereocenters. The Balaban J connectivity index is 2.22. The summed E-state index contributed by atoms with van der Waals surface area (Å²) >= 11 is 0. The number of carbonyl (C=O) groups excluding carboxylic acids is 1.